The molecule has 154 valence electrons. The number of allylic oxidation sites excluding steroid dienone is 1. The van der Waals surface area contributed by atoms with Crippen LogP contribution in [0.3, 0.4) is 0 Å². The second kappa shape index (κ2) is 5.69. The van der Waals surface area contributed by atoms with Gasteiger partial charge in [-0.15, -0.1) is 0 Å². The molecule has 4 aliphatic carbocycles. The highest BCUT2D eigenvalue weighted by Crippen LogP contribution is 2.68. The second-order valence-corrected chi connectivity index (χ2v) is 10.4. The lowest BCUT2D eigenvalue weighted by molar-refractivity contribution is -0.239. The standard InChI is InChI=1S/C23H32O5/c1-20-7-8-22(25-9-10-26-22)13-15(20)3-4-16-17-5-6-23(27-11-12-28-23)21(17,2)14-18(24)19(16)20/h13,16-17,19H,3-12,14H2,1-2H3. The van der Waals surface area contributed by atoms with Gasteiger partial charge in [0, 0.05) is 30.6 Å². The third-order valence-corrected chi connectivity index (χ3v) is 9.39. The highest BCUT2D eigenvalue weighted by Gasteiger charge is 2.69. The summed E-state index contributed by atoms with van der Waals surface area (Å²) in [5.74, 6) is 0.484. The average molecular weight is 389 g/mol. The van der Waals surface area contributed by atoms with E-state index in [-0.39, 0.29) is 16.7 Å². The number of hydrogen-bond acceptors (Lipinski definition) is 5. The third kappa shape index (κ3) is 2.09. The number of carbonyl (C=O) groups is 1. The zero-order chi connectivity index (χ0) is 19.2. The Kier molecular flexibility index (Phi) is 3.67. The summed E-state index contributed by atoms with van der Waals surface area (Å²) >= 11 is 0. The highest BCUT2D eigenvalue weighted by molar-refractivity contribution is 5.85. The molecule has 28 heavy (non-hydrogen) atoms. The first kappa shape index (κ1) is 18.1. The summed E-state index contributed by atoms with van der Waals surface area (Å²) in [4.78, 5) is 13.7. The van der Waals surface area contributed by atoms with Gasteiger partial charge >= 0.3 is 0 Å². The monoisotopic (exact) mass is 388 g/mol. The zero-order valence-corrected chi connectivity index (χ0v) is 17.1. The Balaban J connectivity index is 1.37. The van der Waals surface area contributed by atoms with Crippen molar-refractivity contribution >= 4 is 5.78 Å². The van der Waals surface area contributed by atoms with Crippen molar-refractivity contribution < 1.29 is 23.7 Å². The van der Waals surface area contributed by atoms with Crippen molar-refractivity contribution in [2.45, 2.75) is 70.4 Å². The van der Waals surface area contributed by atoms with Gasteiger partial charge in [-0.3, -0.25) is 4.79 Å². The molecule has 0 amide bonds. The van der Waals surface area contributed by atoms with Crippen LogP contribution in [0.1, 0.15) is 58.8 Å². The van der Waals surface area contributed by atoms with E-state index >= 15 is 0 Å². The number of Topliss-reactive ketones (excluding diaryl/α,β-unsaturated/α-hetero) is 1. The molecule has 5 fully saturated rings. The summed E-state index contributed by atoms with van der Waals surface area (Å²) in [6.45, 7) is 7.29. The molecule has 0 bridgehead atoms. The largest absolute Gasteiger partial charge is 0.347 e. The maximum absolute atomic E-state index is 13.7. The Morgan fingerprint density at radius 3 is 2.39 bits per heavy atom. The van der Waals surface area contributed by atoms with E-state index in [1.165, 1.54) is 5.57 Å². The summed E-state index contributed by atoms with van der Waals surface area (Å²) in [5.41, 5.74) is 1.18. The van der Waals surface area contributed by atoms with Crippen LogP contribution in [0.4, 0.5) is 0 Å². The van der Waals surface area contributed by atoms with Crippen LogP contribution < -0.4 is 0 Å². The second-order valence-electron chi connectivity index (χ2n) is 10.4. The lowest BCUT2D eigenvalue weighted by atomic mass is 9.46. The molecule has 5 nitrogen and oxygen atoms in total. The Bertz CT molecular complexity index is 731. The van der Waals surface area contributed by atoms with Crippen molar-refractivity contribution in [1.29, 1.82) is 0 Å². The van der Waals surface area contributed by atoms with Crippen LogP contribution in [0.15, 0.2) is 11.6 Å². The van der Waals surface area contributed by atoms with Crippen LogP contribution in [0, 0.1) is 28.6 Å². The van der Waals surface area contributed by atoms with Gasteiger partial charge in [-0.05, 0) is 49.0 Å². The first-order chi connectivity index (χ1) is 13.4. The molecule has 2 spiro atoms. The lowest BCUT2D eigenvalue weighted by Gasteiger charge is -2.58. The van der Waals surface area contributed by atoms with Crippen molar-refractivity contribution in [3.05, 3.63) is 11.6 Å². The molecule has 0 radical (unpaired) electrons. The smallest absolute Gasteiger partial charge is 0.188 e. The molecule has 2 saturated heterocycles. The molecule has 0 aromatic heterocycles. The molecule has 5 unspecified atom stereocenters. The minimum absolute atomic E-state index is 0.0466. The SMILES string of the molecule is CC12CCC3(C=C1CCC1C2C(=O)CC2(C)C1CCC21OCCO1)OCCO3. The van der Waals surface area contributed by atoms with Gasteiger partial charge in [-0.1, -0.05) is 19.4 Å². The lowest BCUT2D eigenvalue weighted by Crippen LogP contribution is -2.59. The van der Waals surface area contributed by atoms with E-state index in [1.54, 1.807) is 0 Å². The van der Waals surface area contributed by atoms with E-state index in [9.17, 15) is 4.79 Å². The molecule has 2 heterocycles. The van der Waals surface area contributed by atoms with Gasteiger partial charge < -0.3 is 18.9 Å². The van der Waals surface area contributed by atoms with Crippen LogP contribution in [0.25, 0.3) is 0 Å². The Labute approximate surface area is 167 Å². The molecule has 5 heteroatoms. The van der Waals surface area contributed by atoms with E-state index < -0.39 is 11.6 Å². The molecule has 0 aromatic rings. The number of hydrogen-bond donors (Lipinski definition) is 0. The Hall–Kier alpha value is -0.750. The number of carbonyl (C=O) groups excluding carboxylic acids is 1. The molecule has 6 aliphatic rings. The Morgan fingerprint density at radius 2 is 1.64 bits per heavy atom. The predicted octanol–water partition coefficient (Wildman–Crippen LogP) is 3.61. The third-order valence-electron chi connectivity index (χ3n) is 9.39. The number of ketones is 1. The van der Waals surface area contributed by atoms with Crippen molar-refractivity contribution in [3.63, 3.8) is 0 Å². The summed E-state index contributed by atoms with van der Waals surface area (Å²) in [7, 11) is 0. The molecular formula is C23H32O5. The molecule has 0 N–H and O–H groups in total. The summed E-state index contributed by atoms with van der Waals surface area (Å²) in [6.07, 6.45) is 8.89. The zero-order valence-electron chi connectivity index (χ0n) is 17.1. The number of rotatable bonds is 0. The van der Waals surface area contributed by atoms with Gasteiger partial charge in [0.2, 0.25) is 0 Å². The maximum atomic E-state index is 13.7. The summed E-state index contributed by atoms with van der Waals surface area (Å²) in [5, 5.41) is 0. The van der Waals surface area contributed by atoms with Crippen molar-refractivity contribution in [2.24, 2.45) is 28.6 Å². The van der Waals surface area contributed by atoms with Gasteiger partial charge in [0.1, 0.15) is 5.78 Å². The van der Waals surface area contributed by atoms with Crippen LogP contribution in [-0.4, -0.2) is 43.8 Å². The molecule has 3 saturated carbocycles. The van der Waals surface area contributed by atoms with E-state index in [4.69, 9.17) is 18.9 Å². The highest BCUT2D eigenvalue weighted by atomic mass is 16.7. The fraction of sp³-hybridized carbons (Fsp3) is 0.870. The Morgan fingerprint density at radius 1 is 0.929 bits per heavy atom. The average Bonchev–Trinajstić information content (AvgIpc) is 3.38. The maximum Gasteiger partial charge on any atom is 0.188 e. The van der Waals surface area contributed by atoms with E-state index in [2.05, 4.69) is 19.9 Å². The van der Waals surface area contributed by atoms with Crippen molar-refractivity contribution in [1.82, 2.24) is 0 Å². The van der Waals surface area contributed by atoms with Gasteiger partial charge in [-0.2, -0.15) is 0 Å². The first-order valence-electron chi connectivity index (χ1n) is 11.2. The topological polar surface area (TPSA) is 54.0 Å². The van der Waals surface area contributed by atoms with Crippen molar-refractivity contribution in [2.75, 3.05) is 26.4 Å². The van der Waals surface area contributed by atoms with Crippen LogP contribution in [-0.2, 0) is 23.7 Å². The van der Waals surface area contributed by atoms with E-state index in [0.717, 1.165) is 38.5 Å². The van der Waals surface area contributed by atoms with Crippen LogP contribution in [0.2, 0.25) is 0 Å². The van der Waals surface area contributed by atoms with Gasteiger partial charge in [0.25, 0.3) is 0 Å². The van der Waals surface area contributed by atoms with Gasteiger partial charge in [0.15, 0.2) is 11.6 Å². The molecule has 6 rings (SSSR count). The van der Waals surface area contributed by atoms with Crippen LogP contribution in [0.5, 0.6) is 0 Å². The van der Waals surface area contributed by atoms with Gasteiger partial charge in [0.05, 0.1) is 26.4 Å². The summed E-state index contributed by atoms with van der Waals surface area (Å²) < 4.78 is 24.3. The normalized spacial score (nSPS) is 48.4. The van der Waals surface area contributed by atoms with Gasteiger partial charge in [-0.25, -0.2) is 0 Å². The molecular weight excluding hydrogens is 356 g/mol. The van der Waals surface area contributed by atoms with Crippen molar-refractivity contribution in [3.8, 4) is 0 Å². The quantitative estimate of drug-likeness (QED) is 0.594. The fourth-order valence-electron chi connectivity index (χ4n) is 8.08. The molecule has 5 atom stereocenters. The number of ether oxygens (including phenoxy) is 4. The van der Waals surface area contributed by atoms with E-state index in [1.807, 2.05) is 0 Å². The fourth-order valence-corrected chi connectivity index (χ4v) is 8.08. The molecule has 0 aromatic carbocycles. The first-order valence-corrected chi connectivity index (χ1v) is 11.2. The predicted molar refractivity (Wildman–Crippen MR) is 101 cm³/mol. The number of fused-ring (bicyclic) bond motifs is 6. The van der Waals surface area contributed by atoms with E-state index in [0.29, 0.717) is 50.5 Å². The summed E-state index contributed by atoms with van der Waals surface area (Å²) in [6, 6.07) is 0. The molecule has 2 aliphatic heterocycles. The van der Waals surface area contributed by atoms with Crippen LogP contribution >= 0.6 is 0 Å². The minimum atomic E-state index is -0.517. The minimum Gasteiger partial charge on any atom is -0.347 e.